The Morgan fingerprint density at radius 1 is 0.875 bits per heavy atom. The van der Waals surface area contributed by atoms with E-state index in [2.05, 4.69) is 6.92 Å². The van der Waals surface area contributed by atoms with E-state index < -0.39 is 0 Å². The molecular weight excluding hydrogens is 328 g/mol. The Hall–Kier alpha value is -1.55. The molecule has 24 heavy (non-hydrogen) atoms. The first-order chi connectivity index (χ1) is 11.6. The number of benzene rings is 1. The van der Waals surface area contributed by atoms with Crippen molar-refractivity contribution in [1.82, 2.24) is 0 Å². The van der Waals surface area contributed by atoms with Gasteiger partial charge in [-0.05, 0) is 37.1 Å². The topological polar surface area (TPSA) is 52.6 Å². The van der Waals surface area contributed by atoms with Crippen LogP contribution in [0.1, 0.15) is 64.7 Å². The van der Waals surface area contributed by atoms with Gasteiger partial charge in [-0.3, -0.25) is 9.59 Å². The van der Waals surface area contributed by atoms with Crippen LogP contribution in [0, 0.1) is 0 Å². The van der Waals surface area contributed by atoms with Crippen LogP contribution in [0.25, 0.3) is 0 Å². The van der Waals surface area contributed by atoms with Gasteiger partial charge in [0.1, 0.15) is 5.75 Å². The molecule has 0 aromatic heterocycles. The normalized spacial score (nSPS) is 10.4. The summed E-state index contributed by atoms with van der Waals surface area (Å²) in [5.41, 5.74) is 0. The van der Waals surface area contributed by atoms with Gasteiger partial charge in [-0.25, -0.2) is 0 Å². The lowest BCUT2D eigenvalue weighted by Gasteiger charge is -2.06. The van der Waals surface area contributed by atoms with Gasteiger partial charge in [0.2, 0.25) is 0 Å². The second kappa shape index (κ2) is 12.8. The largest absolute Gasteiger partial charge is 0.466 e. The lowest BCUT2D eigenvalue weighted by molar-refractivity contribution is -0.144. The molecule has 4 nitrogen and oxygen atoms in total. The van der Waals surface area contributed by atoms with Crippen LogP contribution in [0.3, 0.4) is 0 Å². The lowest BCUT2D eigenvalue weighted by Crippen LogP contribution is -2.10. The average molecular weight is 355 g/mol. The Balaban J connectivity index is 2.02. The minimum absolute atomic E-state index is 0.189. The van der Waals surface area contributed by atoms with Crippen molar-refractivity contribution < 1.29 is 19.1 Å². The third kappa shape index (κ3) is 10.3. The van der Waals surface area contributed by atoms with Gasteiger partial charge in [0.15, 0.2) is 0 Å². The molecule has 0 amide bonds. The number of carbonyl (C=O) groups excluding carboxylic acids is 2. The molecule has 1 rings (SSSR count). The van der Waals surface area contributed by atoms with E-state index in [1.54, 1.807) is 24.3 Å². The highest BCUT2D eigenvalue weighted by Gasteiger charge is 2.08. The van der Waals surface area contributed by atoms with Crippen LogP contribution in [0.4, 0.5) is 0 Å². The summed E-state index contributed by atoms with van der Waals surface area (Å²) in [4.78, 5) is 23.2. The number of unbranched alkanes of at least 4 members (excludes halogenated alkanes) is 5. The monoisotopic (exact) mass is 354 g/mol. The molecule has 0 N–H and O–H groups in total. The van der Waals surface area contributed by atoms with E-state index in [4.69, 9.17) is 21.1 Å². The second-order valence-electron chi connectivity index (χ2n) is 5.77. The van der Waals surface area contributed by atoms with Crippen molar-refractivity contribution in [3.8, 4) is 5.75 Å². The van der Waals surface area contributed by atoms with Crippen molar-refractivity contribution in [3.63, 3.8) is 0 Å². The minimum atomic E-state index is -0.360. The molecule has 0 bridgehead atoms. The van der Waals surface area contributed by atoms with Crippen LogP contribution in [0.2, 0.25) is 5.02 Å². The number of hydrogen-bond acceptors (Lipinski definition) is 4. The van der Waals surface area contributed by atoms with Gasteiger partial charge in [0.05, 0.1) is 6.61 Å². The van der Waals surface area contributed by atoms with E-state index in [-0.39, 0.29) is 24.8 Å². The van der Waals surface area contributed by atoms with E-state index in [1.807, 2.05) is 0 Å². The molecule has 0 atom stereocenters. The lowest BCUT2D eigenvalue weighted by atomic mass is 10.1. The first-order valence-corrected chi connectivity index (χ1v) is 9.11. The maximum atomic E-state index is 11.7. The summed E-state index contributed by atoms with van der Waals surface area (Å²) in [6, 6.07) is 6.58. The molecule has 0 spiro atoms. The smallest absolute Gasteiger partial charge is 0.311 e. The van der Waals surface area contributed by atoms with Gasteiger partial charge >= 0.3 is 11.9 Å². The van der Waals surface area contributed by atoms with Gasteiger partial charge in [-0.1, -0.05) is 50.6 Å². The van der Waals surface area contributed by atoms with E-state index in [9.17, 15) is 9.59 Å². The summed E-state index contributed by atoms with van der Waals surface area (Å²) < 4.78 is 10.3. The van der Waals surface area contributed by atoms with Crippen LogP contribution < -0.4 is 4.74 Å². The Morgan fingerprint density at radius 3 is 2.21 bits per heavy atom. The third-order valence-corrected chi connectivity index (χ3v) is 3.82. The van der Waals surface area contributed by atoms with Crippen molar-refractivity contribution in [2.75, 3.05) is 6.61 Å². The fourth-order valence-corrected chi connectivity index (χ4v) is 2.33. The molecule has 5 heteroatoms. The summed E-state index contributed by atoms with van der Waals surface area (Å²) in [7, 11) is 0. The molecular formula is C19H27ClO4. The average Bonchev–Trinajstić information content (AvgIpc) is 2.56. The van der Waals surface area contributed by atoms with Crippen molar-refractivity contribution in [1.29, 1.82) is 0 Å². The van der Waals surface area contributed by atoms with Crippen molar-refractivity contribution in [2.45, 2.75) is 64.7 Å². The predicted molar refractivity (Wildman–Crippen MR) is 95.3 cm³/mol. The zero-order valence-electron chi connectivity index (χ0n) is 14.4. The fraction of sp³-hybridized carbons (Fsp3) is 0.579. The molecule has 1 aromatic carbocycles. The number of esters is 2. The van der Waals surface area contributed by atoms with Gasteiger partial charge in [-0.2, -0.15) is 0 Å². The number of hydrogen-bond donors (Lipinski definition) is 0. The molecule has 0 aliphatic carbocycles. The van der Waals surface area contributed by atoms with Gasteiger partial charge in [0, 0.05) is 17.9 Å². The van der Waals surface area contributed by atoms with E-state index >= 15 is 0 Å². The summed E-state index contributed by atoms with van der Waals surface area (Å²) in [5, 5.41) is 0.586. The zero-order valence-corrected chi connectivity index (χ0v) is 15.1. The highest BCUT2D eigenvalue weighted by molar-refractivity contribution is 6.30. The first kappa shape index (κ1) is 20.5. The van der Waals surface area contributed by atoms with Crippen molar-refractivity contribution >= 4 is 23.5 Å². The molecule has 0 saturated heterocycles. The molecule has 134 valence electrons. The molecule has 0 saturated carbocycles. The first-order valence-electron chi connectivity index (χ1n) is 8.73. The van der Waals surface area contributed by atoms with Crippen LogP contribution in [0.15, 0.2) is 24.3 Å². The van der Waals surface area contributed by atoms with E-state index in [0.29, 0.717) is 23.8 Å². The van der Waals surface area contributed by atoms with Gasteiger partial charge in [-0.15, -0.1) is 0 Å². The third-order valence-electron chi connectivity index (χ3n) is 3.57. The zero-order chi connectivity index (χ0) is 17.6. The van der Waals surface area contributed by atoms with E-state index in [0.717, 1.165) is 12.8 Å². The number of carbonyl (C=O) groups is 2. The Labute approximate surface area is 149 Å². The maximum Gasteiger partial charge on any atom is 0.311 e. The Bertz CT molecular complexity index is 485. The fourth-order valence-electron chi connectivity index (χ4n) is 2.20. The maximum absolute atomic E-state index is 11.7. The van der Waals surface area contributed by atoms with Gasteiger partial charge < -0.3 is 9.47 Å². The Kier molecular flexibility index (Phi) is 10.9. The van der Waals surface area contributed by atoms with Crippen molar-refractivity contribution in [2.24, 2.45) is 0 Å². The molecule has 0 aliphatic heterocycles. The minimum Gasteiger partial charge on any atom is -0.466 e. The number of halogens is 1. The molecule has 0 heterocycles. The van der Waals surface area contributed by atoms with Gasteiger partial charge in [0.25, 0.3) is 0 Å². The van der Waals surface area contributed by atoms with Crippen LogP contribution in [-0.2, 0) is 14.3 Å². The van der Waals surface area contributed by atoms with Crippen LogP contribution in [0.5, 0.6) is 5.75 Å². The SMILES string of the molecule is CCCCCCCCOC(=O)CCCC(=O)Oc1ccc(Cl)cc1. The van der Waals surface area contributed by atoms with E-state index in [1.165, 1.54) is 25.7 Å². The Morgan fingerprint density at radius 2 is 1.50 bits per heavy atom. The number of rotatable bonds is 12. The second-order valence-corrected chi connectivity index (χ2v) is 6.21. The molecule has 0 radical (unpaired) electrons. The summed E-state index contributed by atoms with van der Waals surface area (Å²) in [6.07, 6.45) is 7.82. The highest BCUT2D eigenvalue weighted by Crippen LogP contribution is 2.16. The highest BCUT2D eigenvalue weighted by atomic mass is 35.5. The van der Waals surface area contributed by atoms with Crippen LogP contribution >= 0.6 is 11.6 Å². The quantitative estimate of drug-likeness (QED) is 0.289. The molecule has 0 unspecified atom stereocenters. The summed E-state index contributed by atoms with van der Waals surface area (Å²) in [6.45, 7) is 2.66. The predicted octanol–water partition coefficient (Wildman–Crippen LogP) is 5.32. The van der Waals surface area contributed by atoms with Crippen molar-refractivity contribution in [3.05, 3.63) is 29.3 Å². The molecule has 0 fully saturated rings. The molecule has 0 aliphatic rings. The standard InChI is InChI=1S/C19H27ClO4/c1-2-3-4-5-6-7-15-23-18(21)9-8-10-19(22)24-17-13-11-16(20)12-14-17/h11-14H,2-10,15H2,1H3. The van der Waals surface area contributed by atoms with Crippen LogP contribution in [-0.4, -0.2) is 18.5 Å². The summed E-state index contributed by atoms with van der Waals surface area (Å²) >= 11 is 5.76. The summed E-state index contributed by atoms with van der Waals surface area (Å²) in [5.74, 6) is -0.154. The molecule has 1 aromatic rings. The number of ether oxygens (including phenoxy) is 2.